The van der Waals surface area contributed by atoms with E-state index in [0.717, 1.165) is 31.4 Å². The highest BCUT2D eigenvalue weighted by molar-refractivity contribution is 5.05. The van der Waals surface area contributed by atoms with Gasteiger partial charge in [-0.25, -0.2) is 4.98 Å². The molecule has 4 heteroatoms. The molecule has 1 aliphatic rings. The van der Waals surface area contributed by atoms with Gasteiger partial charge in [0.25, 0.3) is 0 Å². The van der Waals surface area contributed by atoms with Crippen molar-refractivity contribution in [2.45, 2.75) is 50.8 Å². The Morgan fingerprint density at radius 1 is 1.47 bits per heavy atom. The Kier molecular flexibility index (Phi) is 3.07. The van der Waals surface area contributed by atoms with Crippen LogP contribution in [-0.2, 0) is 0 Å². The number of imidazole rings is 1. The van der Waals surface area contributed by atoms with Crippen LogP contribution in [-0.4, -0.2) is 20.8 Å². The second kappa shape index (κ2) is 4.33. The minimum atomic E-state index is -0.108. The molecule has 0 aromatic carbocycles. The van der Waals surface area contributed by atoms with E-state index in [1.807, 2.05) is 19.4 Å². The zero-order valence-electron chi connectivity index (χ0n) is 9.13. The molecule has 4 nitrogen and oxygen atoms in total. The van der Waals surface area contributed by atoms with E-state index in [-0.39, 0.29) is 12.1 Å². The second-order valence-corrected chi connectivity index (χ2v) is 4.48. The van der Waals surface area contributed by atoms with Crippen molar-refractivity contribution in [2.24, 2.45) is 5.73 Å². The Morgan fingerprint density at radius 3 is 2.73 bits per heavy atom. The van der Waals surface area contributed by atoms with Gasteiger partial charge in [-0.3, -0.25) is 0 Å². The molecular formula is C11H19N3O. The number of nitrogens with zero attached hydrogens (tertiary/aromatic N) is 2. The summed E-state index contributed by atoms with van der Waals surface area (Å²) in [6.45, 7) is 1.98. The van der Waals surface area contributed by atoms with Gasteiger partial charge in [-0.15, -0.1) is 0 Å². The highest BCUT2D eigenvalue weighted by Gasteiger charge is 2.22. The molecule has 1 aliphatic carbocycles. The molecule has 0 bridgehead atoms. The van der Waals surface area contributed by atoms with Crippen LogP contribution in [0, 0.1) is 0 Å². The Morgan fingerprint density at radius 2 is 2.13 bits per heavy atom. The summed E-state index contributed by atoms with van der Waals surface area (Å²) < 4.78 is 2.18. The van der Waals surface area contributed by atoms with Gasteiger partial charge in [-0.05, 0) is 32.6 Å². The lowest BCUT2D eigenvalue weighted by Crippen LogP contribution is -2.23. The Balaban J connectivity index is 2.12. The highest BCUT2D eigenvalue weighted by Crippen LogP contribution is 2.30. The zero-order valence-corrected chi connectivity index (χ0v) is 9.13. The Labute approximate surface area is 90.1 Å². The van der Waals surface area contributed by atoms with Crippen molar-refractivity contribution in [3.05, 3.63) is 18.2 Å². The Hall–Kier alpha value is -0.870. The minimum absolute atomic E-state index is 0.0272. The highest BCUT2D eigenvalue weighted by atomic mass is 16.3. The lowest BCUT2D eigenvalue weighted by Gasteiger charge is -2.28. The minimum Gasteiger partial charge on any atom is -0.393 e. The molecule has 0 radical (unpaired) electrons. The van der Waals surface area contributed by atoms with E-state index in [1.54, 1.807) is 0 Å². The van der Waals surface area contributed by atoms with Crippen LogP contribution in [0.4, 0.5) is 0 Å². The lowest BCUT2D eigenvalue weighted by atomic mass is 9.92. The van der Waals surface area contributed by atoms with Crippen molar-refractivity contribution in [1.29, 1.82) is 0 Å². The summed E-state index contributed by atoms with van der Waals surface area (Å²) in [5, 5.41) is 9.45. The summed E-state index contributed by atoms with van der Waals surface area (Å²) in [4.78, 5) is 4.16. The van der Waals surface area contributed by atoms with Crippen molar-refractivity contribution in [3.8, 4) is 0 Å². The second-order valence-electron chi connectivity index (χ2n) is 4.48. The lowest BCUT2D eigenvalue weighted by molar-refractivity contribution is 0.110. The van der Waals surface area contributed by atoms with E-state index in [0.29, 0.717) is 6.04 Å². The van der Waals surface area contributed by atoms with E-state index in [1.165, 1.54) is 0 Å². The molecule has 0 aliphatic heterocycles. The number of aliphatic hydroxyl groups is 1. The standard InChI is InChI=1S/C11H19N3O/c1-8(12)11-6-13-7-14(11)9-2-4-10(15)5-3-9/h6-10,15H,2-5,12H2,1H3/t8-,9?,10?/m1/s1. The van der Waals surface area contributed by atoms with Crippen molar-refractivity contribution in [3.63, 3.8) is 0 Å². The van der Waals surface area contributed by atoms with E-state index in [2.05, 4.69) is 9.55 Å². The van der Waals surface area contributed by atoms with Gasteiger partial charge in [0.15, 0.2) is 0 Å². The Bertz CT molecular complexity index is 313. The van der Waals surface area contributed by atoms with Crippen LogP contribution < -0.4 is 5.73 Å². The number of aliphatic hydroxyl groups excluding tert-OH is 1. The SMILES string of the molecule is C[C@@H](N)c1cncn1C1CCC(O)CC1. The molecule has 1 heterocycles. The molecule has 2 rings (SSSR count). The van der Waals surface area contributed by atoms with E-state index < -0.39 is 0 Å². The molecule has 0 amide bonds. The summed E-state index contributed by atoms with van der Waals surface area (Å²) in [5.41, 5.74) is 6.98. The summed E-state index contributed by atoms with van der Waals surface area (Å²) in [6, 6.07) is 0.497. The number of hydrogen-bond acceptors (Lipinski definition) is 3. The molecule has 1 aromatic rings. The monoisotopic (exact) mass is 209 g/mol. The predicted molar refractivity (Wildman–Crippen MR) is 58.3 cm³/mol. The summed E-state index contributed by atoms with van der Waals surface area (Å²) >= 11 is 0. The molecular weight excluding hydrogens is 190 g/mol. The van der Waals surface area contributed by atoms with Gasteiger partial charge in [-0.2, -0.15) is 0 Å². The third kappa shape index (κ3) is 2.21. The van der Waals surface area contributed by atoms with Crippen molar-refractivity contribution in [2.75, 3.05) is 0 Å². The van der Waals surface area contributed by atoms with Gasteiger partial charge in [0.05, 0.1) is 18.1 Å². The zero-order chi connectivity index (χ0) is 10.8. The fraction of sp³-hybridized carbons (Fsp3) is 0.727. The van der Waals surface area contributed by atoms with E-state index in [4.69, 9.17) is 5.73 Å². The number of rotatable bonds is 2. The number of aromatic nitrogens is 2. The largest absolute Gasteiger partial charge is 0.393 e. The molecule has 1 aromatic heterocycles. The molecule has 1 fully saturated rings. The van der Waals surface area contributed by atoms with Crippen LogP contribution in [0.1, 0.15) is 50.4 Å². The third-order valence-corrected chi connectivity index (χ3v) is 3.22. The number of hydrogen-bond donors (Lipinski definition) is 2. The predicted octanol–water partition coefficient (Wildman–Crippen LogP) is 1.38. The van der Waals surface area contributed by atoms with Gasteiger partial charge in [0, 0.05) is 18.3 Å². The first kappa shape index (κ1) is 10.6. The van der Waals surface area contributed by atoms with Gasteiger partial charge < -0.3 is 15.4 Å². The first-order valence-electron chi connectivity index (χ1n) is 5.64. The topological polar surface area (TPSA) is 64.1 Å². The van der Waals surface area contributed by atoms with Crippen molar-refractivity contribution >= 4 is 0 Å². The van der Waals surface area contributed by atoms with Gasteiger partial charge in [-0.1, -0.05) is 0 Å². The van der Waals surface area contributed by atoms with Crippen LogP contribution in [0.2, 0.25) is 0 Å². The fourth-order valence-corrected chi connectivity index (χ4v) is 2.31. The van der Waals surface area contributed by atoms with Crippen molar-refractivity contribution in [1.82, 2.24) is 9.55 Å². The van der Waals surface area contributed by atoms with Crippen LogP contribution >= 0.6 is 0 Å². The molecule has 1 atom stereocenters. The molecule has 84 valence electrons. The molecule has 0 unspecified atom stereocenters. The molecule has 15 heavy (non-hydrogen) atoms. The fourth-order valence-electron chi connectivity index (χ4n) is 2.31. The first-order chi connectivity index (χ1) is 7.18. The maximum Gasteiger partial charge on any atom is 0.0951 e. The van der Waals surface area contributed by atoms with E-state index >= 15 is 0 Å². The smallest absolute Gasteiger partial charge is 0.0951 e. The summed E-state index contributed by atoms with van der Waals surface area (Å²) in [6.07, 6.45) is 7.43. The van der Waals surface area contributed by atoms with Crippen LogP contribution in [0.3, 0.4) is 0 Å². The van der Waals surface area contributed by atoms with Crippen LogP contribution in [0.5, 0.6) is 0 Å². The van der Waals surface area contributed by atoms with Crippen LogP contribution in [0.15, 0.2) is 12.5 Å². The van der Waals surface area contributed by atoms with Gasteiger partial charge >= 0.3 is 0 Å². The molecule has 0 saturated heterocycles. The molecule has 1 saturated carbocycles. The average molecular weight is 209 g/mol. The van der Waals surface area contributed by atoms with Crippen LogP contribution in [0.25, 0.3) is 0 Å². The maximum atomic E-state index is 9.45. The third-order valence-electron chi connectivity index (χ3n) is 3.22. The maximum absolute atomic E-state index is 9.45. The quantitative estimate of drug-likeness (QED) is 0.773. The molecule has 3 N–H and O–H groups in total. The van der Waals surface area contributed by atoms with Crippen molar-refractivity contribution < 1.29 is 5.11 Å². The first-order valence-corrected chi connectivity index (χ1v) is 5.64. The van der Waals surface area contributed by atoms with Gasteiger partial charge in [0.1, 0.15) is 0 Å². The number of nitrogens with two attached hydrogens (primary N) is 1. The normalized spacial score (nSPS) is 29.0. The summed E-state index contributed by atoms with van der Waals surface area (Å²) in [5.74, 6) is 0. The molecule has 0 spiro atoms. The van der Waals surface area contributed by atoms with E-state index in [9.17, 15) is 5.11 Å². The summed E-state index contributed by atoms with van der Waals surface area (Å²) in [7, 11) is 0. The average Bonchev–Trinajstić information content (AvgIpc) is 2.67. The van der Waals surface area contributed by atoms with Gasteiger partial charge in [0.2, 0.25) is 0 Å².